The maximum atomic E-state index is 12.0. The van der Waals surface area contributed by atoms with Crippen molar-refractivity contribution in [3.63, 3.8) is 0 Å². The van der Waals surface area contributed by atoms with Gasteiger partial charge >= 0.3 is 6.09 Å². The number of nitrogens with zero attached hydrogens (tertiary/aromatic N) is 11. The van der Waals surface area contributed by atoms with Crippen molar-refractivity contribution in [1.82, 2.24) is 59.1 Å². The van der Waals surface area contributed by atoms with E-state index in [4.69, 9.17) is 55.2 Å². The van der Waals surface area contributed by atoms with Crippen molar-refractivity contribution in [2.24, 2.45) is 35.2 Å². The van der Waals surface area contributed by atoms with Crippen molar-refractivity contribution in [3.05, 3.63) is 254 Å². The summed E-state index contributed by atoms with van der Waals surface area (Å²) in [6.07, 6.45) is 17.5. The summed E-state index contributed by atoms with van der Waals surface area (Å²) in [5.74, 6) is 7.80. The smallest absolute Gasteiger partial charge is 0.412 e. The van der Waals surface area contributed by atoms with E-state index in [9.17, 15) is 14.4 Å². The number of fused-ring (bicyclic) bond motifs is 18. The van der Waals surface area contributed by atoms with Crippen LogP contribution in [0.4, 0.5) is 16.2 Å². The molecule has 1 amide bonds. The first kappa shape index (κ1) is 88.3. The Hall–Kier alpha value is -11.0. The molecule has 14 aromatic rings. The molecule has 120 heavy (non-hydrogen) atoms. The molecule has 0 saturated heterocycles. The fourth-order valence-electron chi connectivity index (χ4n) is 13.2. The number of terminal acetylenes is 1. The van der Waals surface area contributed by atoms with Crippen molar-refractivity contribution in [1.29, 1.82) is 0 Å². The Labute approximate surface area is 758 Å². The van der Waals surface area contributed by atoms with Crippen LogP contribution < -0.4 is 68.2 Å². The molecule has 20 rings (SSSR count). The van der Waals surface area contributed by atoms with E-state index in [0.29, 0.717) is 84.4 Å². The van der Waals surface area contributed by atoms with E-state index in [1.165, 1.54) is 0 Å². The maximum Gasteiger partial charge on any atom is 0.412 e. The Morgan fingerprint density at radius 2 is 0.892 bits per heavy atom. The van der Waals surface area contributed by atoms with Gasteiger partial charge in [0, 0.05) is 127 Å². The summed E-state index contributed by atoms with van der Waals surface area (Å²) in [5, 5.41) is 40.9. The van der Waals surface area contributed by atoms with Crippen molar-refractivity contribution in [3.8, 4) is 126 Å². The van der Waals surface area contributed by atoms with Gasteiger partial charge in [-0.05, 0) is 213 Å². The average molecular weight is 2120 g/mol. The number of phenolic OH excluding ortho intramolecular Hbond substituents is 1. The van der Waals surface area contributed by atoms with E-state index in [2.05, 4.69) is 149 Å². The molecule has 26 nitrogen and oxygen atoms in total. The van der Waals surface area contributed by atoms with Crippen LogP contribution in [-0.4, -0.2) is 95.1 Å². The van der Waals surface area contributed by atoms with Crippen LogP contribution in [-0.2, 0) is 79.6 Å². The molecule has 0 fully saturated rings. The molecule has 6 aliphatic heterocycles. The SMILES string of the molecule is Brc1cccc2c1OCc1cn[nH]c1-2.C#CCOc1c(Br)cccc1C=O.Cn1cc2c(n1)-c1cccc(Br)c1OC2.Cn1cc2c(n1)-c1cccc(Br)c1OC2.Cn1cc2c(n1)-c1cccc(N)c1OC2.Cn1cc2c(n1)-c1cccc(NC(=O)OC(C)(C)C)c1OC2.Cn1ncc2c1-c1cccc(Br)c1OC2.O=Cc1cccc(Br)c1O.[I-]. The van der Waals surface area contributed by atoms with Gasteiger partial charge in [0.05, 0.1) is 73.1 Å². The Morgan fingerprint density at radius 1 is 0.508 bits per heavy atom. The number of halogens is 7. The number of aromatic nitrogens is 12. The van der Waals surface area contributed by atoms with E-state index in [1.807, 2.05) is 198 Å². The van der Waals surface area contributed by atoms with E-state index < -0.39 is 11.7 Å². The Kier molecular flexibility index (Phi) is 29.0. The van der Waals surface area contributed by atoms with Gasteiger partial charge in [0.15, 0.2) is 24.1 Å². The third-order valence-electron chi connectivity index (χ3n) is 18.3. The molecule has 8 aromatic carbocycles. The van der Waals surface area contributed by atoms with Crippen LogP contribution in [0, 0.1) is 12.3 Å². The van der Waals surface area contributed by atoms with Crippen LogP contribution in [0.2, 0.25) is 0 Å². The van der Waals surface area contributed by atoms with Gasteiger partial charge in [-0.2, -0.15) is 30.6 Å². The third kappa shape index (κ3) is 20.4. The number of nitrogens with two attached hydrogens (primary N) is 1. The fourth-order valence-corrected chi connectivity index (χ4v) is 16.0. The third-order valence-corrected chi connectivity index (χ3v) is 22.0. The molecule has 0 atom stereocenters. The number of hydrogen-bond donors (Lipinski definition) is 4. The number of phenols is 1. The average Bonchev–Trinajstić information content (AvgIpc) is 1.58. The molecule has 5 N–H and O–H groups in total. The number of benzene rings is 8. The first-order chi connectivity index (χ1) is 57.3. The monoisotopic (exact) mass is 2110 g/mol. The lowest BCUT2D eigenvalue weighted by Gasteiger charge is -2.22. The Balaban J connectivity index is 0.000000127. The number of para-hydroxylation sites is 8. The summed E-state index contributed by atoms with van der Waals surface area (Å²) in [6.45, 7) is 8.98. The molecule has 0 radical (unpaired) electrons. The maximum absolute atomic E-state index is 12.0. The molecule has 33 heteroatoms. The van der Waals surface area contributed by atoms with Gasteiger partial charge in [0.25, 0.3) is 0 Å². The second-order valence-corrected chi connectivity index (χ2v) is 33.0. The lowest BCUT2D eigenvalue weighted by molar-refractivity contribution is -0.0000558. The highest BCUT2D eigenvalue weighted by Gasteiger charge is 2.29. The van der Waals surface area contributed by atoms with Crippen molar-refractivity contribution in [2.45, 2.75) is 66.0 Å². The molecule has 6 aromatic heterocycles. The highest BCUT2D eigenvalue weighted by atomic mass is 127. The van der Waals surface area contributed by atoms with Crippen LogP contribution in [0.1, 0.15) is 74.9 Å². The molecule has 6 aliphatic rings. The zero-order chi connectivity index (χ0) is 84.3. The lowest BCUT2D eigenvalue weighted by atomic mass is 10.0. The first-order valence-corrected chi connectivity index (χ1v) is 41.3. The molecule has 0 aliphatic carbocycles. The van der Waals surface area contributed by atoms with Crippen molar-refractivity contribution in [2.75, 3.05) is 17.7 Å². The largest absolute Gasteiger partial charge is 1.00 e. The topological polar surface area (TPSA) is 301 Å². The van der Waals surface area contributed by atoms with Gasteiger partial charge in [-0.1, -0.05) is 54.5 Å². The van der Waals surface area contributed by atoms with E-state index in [-0.39, 0.29) is 36.3 Å². The number of aldehydes is 2. The second-order valence-electron chi connectivity index (χ2n) is 27.9. The summed E-state index contributed by atoms with van der Waals surface area (Å²) >= 11 is 20.3. The number of nitrogen functional groups attached to an aromatic ring is 1. The number of aryl methyl sites for hydroxylation is 5. The van der Waals surface area contributed by atoms with Crippen LogP contribution >= 0.6 is 95.6 Å². The molecular formula is C87H76Br6IN14O12-. The molecular weight excluding hydrogens is 2040 g/mol. The lowest BCUT2D eigenvalue weighted by Crippen LogP contribution is -3.00. The normalized spacial score (nSPS) is 12.1. The zero-order valence-corrected chi connectivity index (χ0v) is 77.3. The van der Waals surface area contributed by atoms with Gasteiger partial charge < -0.3 is 72.7 Å². The van der Waals surface area contributed by atoms with E-state index in [0.717, 1.165) is 158 Å². The minimum atomic E-state index is -0.548. The number of carbonyl (C=O) groups is 3. The molecule has 0 unspecified atom stereocenters. The van der Waals surface area contributed by atoms with Crippen LogP contribution in [0.3, 0.4) is 0 Å². The quantitative estimate of drug-likeness (QED) is 0.0538. The highest BCUT2D eigenvalue weighted by molar-refractivity contribution is 9.11. The molecule has 0 bridgehead atoms. The summed E-state index contributed by atoms with van der Waals surface area (Å²) in [4.78, 5) is 32.7. The zero-order valence-electron chi connectivity index (χ0n) is 65.6. The number of nitrogens with one attached hydrogen (secondary N) is 2. The fraction of sp³-hybridized carbons (Fsp3) is 0.184. The van der Waals surface area contributed by atoms with Crippen molar-refractivity contribution < 1.29 is 81.4 Å². The summed E-state index contributed by atoms with van der Waals surface area (Å²) in [6, 6.07) is 45.5. The van der Waals surface area contributed by atoms with Gasteiger partial charge in [0.1, 0.15) is 109 Å². The van der Waals surface area contributed by atoms with E-state index in [1.54, 1.807) is 58.0 Å². The number of anilines is 2. The number of rotatable bonds is 5. The molecule has 12 heterocycles. The number of carbonyl (C=O) groups excluding carboxylic acids is 3. The Morgan fingerprint density at radius 3 is 1.38 bits per heavy atom. The number of aromatic amines is 1. The molecule has 616 valence electrons. The van der Waals surface area contributed by atoms with Gasteiger partial charge in [-0.15, -0.1) is 6.42 Å². The number of ether oxygens (including phenoxy) is 8. The van der Waals surface area contributed by atoms with Crippen LogP contribution in [0.25, 0.3) is 67.5 Å². The second kappa shape index (κ2) is 39.5. The summed E-state index contributed by atoms with van der Waals surface area (Å²) < 4.78 is 58.9. The Bertz CT molecular complexity index is 5930. The van der Waals surface area contributed by atoms with Crippen LogP contribution in [0.15, 0.2) is 210 Å². The van der Waals surface area contributed by atoms with Gasteiger partial charge in [-0.25, -0.2) is 4.79 Å². The minimum Gasteiger partial charge on any atom is -1.00 e. The predicted molar refractivity (Wildman–Crippen MR) is 473 cm³/mol. The van der Waals surface area contributed by atoms with E-state index >= 15 is 0 Å². The number of hydrogen-bond acceptors (Lipinski definition) is 19. The molecule has 0 spiro atoms. The number of H-pyrrole nitrogens is 1. The van der Waals surface area contributed by atoms with Crippen LogP contribution in [0.5, 0.6) is 46.0 Å². The molecule has 0 saturated carbocycles. The number of aromatic hydroxyl groups is 1. The number of amides is 1. The summed E-state index contributed by atoms with van der Waals surface area (Å²) in [7, 11) is 9.59. The first-order valence-electron chi connectivity index (χ1n) is 36.6. The van der Waals surface area contributed by atoms with Gasteiger partial charge in [-0.3, -0.25) is 43.4 Å². The van der Waals surface area contributed by atoms with Gasteiger partial charge in [0.2, 0.25) is 0 Å². The highest BCUT2D eigenvalue weighted by Crippen LogP contribution is 2.47. The van der Waals surface area contributed by atoms with Crippen molar-refractivity contribution >= 4 is 126 Å². The predicted octanol–water partition coefficient (Wildman–Crippen LogP) is 17.1. The standard InChI is InChI=1S/C16H19N3O3.3C11H9BrN2O.C11H11N3O.C10H7BrN2O.C10H7BrO2.C7H5BrO2.HI/c1-16(2,3)22-15(20)17-12-7-5-6-11-13-10(8-19(4)18-13)9-21-14(11)12;2*1-14-5-7-6-15-11-8(10(7)13-14)3-2-4-9(11)12;1-14-10-7(5-13-14)6-15-11-8(10)3-2-4-9(11)12;1-14-5-7-6-15-11-8(10(7)13-14)3-2-4-9(11)12;11-8-3-1-2-7-9-6(4-12-13-9)5-14-10(7)8;1-2-6-13-10-8(7-12)4-3-5-9(10)11;8-6-3-1-2-5(4-9)7(6)10;/h5-8H,9H2,1-4H3,(H,17,20);3*2-5H,6H2,1H3;2-5H,6,12H2,1H3;1-4H,5H2,(H,12,13);1,3-5,7H,6H2;1-4,10H;1H/p-1. The minimum absolute atomic E-state index is 0. The summed E-state index contributed by atoms with van der Waals surface area (Å²) in [5.41, 5.74) is 26.3.